The highest BCUT2D eigenvalue weighted by Crippen LogP contribution is 2.66. The van der Waals surface area contributed by atoms with Crippen molar-refractivity contribution in [2.75, 3.05) is 0 Å². The van der Waals surface area contributed by atoms with Crippen molar-refractivity contribution in [3.8, 4) is 0 Å². The number of ether oxygens (including phenoxy) is 1. The molecule has 3 saturated carbocycles. The van der Waals surface area contributed by atoms with Gasteiger partial charge in [-0.1, -0.05) is 26.3 Å². The third kappa shape index (κ3) is 2.80. The van der Waals surface area contributed by atoms with Crippen LogP contribution < -0.4 is 0 Å². The molecular weight excluding hydrogens is 347 g/mol. The first kappa shape index (κ1) is 19.1. The van der Waals surface area contributed by atoms with Gasteiger partial charge in [0.2, 0.25) is 0 Å². The fraction of sp³-hybridized carbons (Fsp3) is 0.818. The molecule has 150 valence electrons. The molecule has 3 fully saturated rings. The Morgan fingerprint density at radius 2 is 2.04 bits per heavy atom. The van der Waals surface area contributed by atoms with Crippen molar-refractivity contribution in [1.82, 2.24) is 0 Å². The van der Waals surface area contributed by atoms with Gasteiger partial charge in [0.25, 0.3) is 0 Å². The number of carbonyl (C=O) groups is 2. The normalized spacial score (nSPS) is 46.1. The Bertz CT molecular complexity index is 673. The average Bonchev–Trinajstić information content (AvgIpc) is 2.97. The summed E-state index contributed by atoms with van der Waals surface area (Å²) in [5, 5.41) is 0. The molecule has 7 atom stereocenters. The van der Waals surface area contributed by atoms with Crippen LogP contribution in [-0.2, 0) is 19.3 Å². The summed E-state index contributed by atoms with van der Waals surface area (Å²) in [5.74, 6) is 0.888. The van der Waals surface area contributed by atoms with Gasteiger partial charge >= 0.3 is 5.97 Å². The van der Waals surface area contributed by atoms with Crippen LogP contribution in [-0.4, -0.2) is 24.0 Å². The molecule has 0 spiro atoms. The highest BCUT2D eigenvalue weighted by molar-refractivity contribution is 5.91. The van der Waals surface area contributed by atoms with E-state index in [2.05, 4.69) is 18.8 Å². The van der Waals surface area contributed by atoms with Crippen molar-refractivity contribution in [3.05, 3.63) is 11.6 Å². The van der Waals surface area contributed by atoms with Crippen molar-refractivity contribution in [2.45, 2.75) is 84.3 Å². The summed E-state index contributed by atoms with van der Waals surface area (Å²) in [4.78, 5) is 28.5. The fourth-order valence-corrected chi connectivity index (χ4v) is 7.12. The van der Waals surface area contributed by atoms with E-state index >= 15 is 0 Å². The maximum absolute atomic E-state index is 13.8. The summed E-state index contributed by atoms with van der Waals surface area (Å²) in [6.07, 6.45) is 7.20. The van der Waals surface area contributed by atoms with Gasteiger partial charge in [-0.15, -0.1) is 0 Å². The Kier molecular flexibility index (Phi) is 4.73. The second-order valence-electron chi connectivity index (χ2n) is 9.64. The number of rotatable bonds is 3. The molecule has 5 heteroatoms. The Balaban J connectivity index is 1.67. The molecule has 0 amide bonds. The lowest BCUT2D eigenvalue weighted by Crippen LogP contribution is -2.57. The molecule has 4 rings (SSSR count). The van der Waals surface area contributed by atoms with Crippen LogP contribution in [0.4, 0.5) is 4.53 Å². The first-order chi connectivity index (χ1) is 12.8. The molecule has 0 N–H and O–H groups in total. The van der Waals surface area contributed by atoms with Crippen molar-refractivity contribution < 1.29 is 23.8 Å². The van der Waals surface area contributed by atoms with Crippen LogP contribution in [0, 0.1) is 28.6 Å². The molecule has 0 heterocycles. The van der Waals surface area contributed by atoms with E-state index in [4.69, 9.17) is 4.74 Å². The lowest BCUT2D eigenvalue weighted by Gasteiger charge is -2.59. The van der Waals surface area contributed by atoms with Crippen LogP contribution >= 0.6 is 0 Å². The smallest absolute Gasteiger partial charge is 0.305 e. The largest absolute Gasteiger partial charge is 0.462 e. The molecule has 0 bridgehead atoms. The maximum atomic E-state index is 13.8. The Hall–Kier alpha value is -1.23. The fourth-order valence-electron chi connectivity index (χ4n) is 7.12. The highest BCUT2D eigenvalue weighted by Gasteiger charge is 2.63. The molecule has 3 unspecified atom stereocenters. The van der Waals surface area contributed by atoms with Crippen molar-refractivity contribution in [2.24, 2.45) is 28.6 Å². The van der Waals surface area contributed by atoms with Gasteiger partial charge in [-0.05, 0) is 66.4 Å². The number of ketones is 1. The van der Waals surface area contributed by atoms with Gasteiger partial charge in [-0.3, -0.25) is 9.59 Å². The first-order valence-corrected chi connectivity index (χ1v) is 10.5. The molecule has 4 nitrogen and oxygen atoms in total. The zero-order valence-electron chi connectivity index (χ0n) is 16.6. The van der Waals surface area contributed by atoms with Gasteiger partial charge in [-0.2, -0.15) is 4.94 Å². The SMILES string of the molecule is CCC(=O)O[C@H]1CCC2C3CCC4=CC(=O)CC[C@]4(C)C3[C@H](OF)C[C@@]21C. The molecule has 27 heavy (non-hydrogen) atoms. The molecule has 0 radical (unpaired) electrons. The first-order valence-electron chi connectivity index (χ1n) is 10.5. The molecule has 4 aliphatic carbocycles. The Morgan fingerprint density at radius 3 is 2.74 bits per heavy atom. The lowest BCUT2D eigenvalue weighted by molar-refractivity contribution is -0.257. The number of hydrogen-bond donors (Lipinski definition) is 0. The highest BCUT2D eigenvalue weighted by atomic mass is 19.3. The van der Waals surface area contributed by atoms with Gasteiger partial charge in [0, 0.05) is 24.2 Å². The van der Waals surface area contributed by atoms with E-state index in [0.29, 0.717) is 31.1 Å². The summed E-state index contributed by atoms with van der Waals surface area (Å²) >= 11 is 0. The van der Waals surface area contributed by atoms with Crippen LogP contribution in [0.2, 0.25) is 0 Å². The number of halogens is 1. The monoisotopic (exact) mass is 378 g/mol. The van der Waals surface area contributed by atoms with Gasteiger partial charge in [0.05, 0.1) is 0 Å². The molecule has 0 aliphatic heterocycles. The molecule has 0 aromatic rings. The van der Waals surface area contributed by atoms with E-state index in [1.54, 1.807) is 0 Å². The molecule has 0 aromatic heterocycles. The van der Waals surface area contributed by atoms with Crippen LogP contribution in [0.5, 0.6) is 0 Å². The number of hydrogen-bond acceptors (Lipinski definition) is 4. The summed E-state index contributed by atoms with van der Waals surface area (Å²) in [6, 6.07) is 0. The van der Waals surface area contributed by atoms with Crippen LogP contribution in [0.1, 0.15) is 72.1 Å². The minimum Gasteiger partial charge on any atom is -0.462 e. The topological polar surface area (TPSA) is 52.6 Å². The predicted molar refractivity (Wildman–Crippen MR) is 98.2 cm³/mol. The van der Waals surface area contributed by atoms with Crippen LogP contribution in [0.15, 0.2) is 11.6 Å². The maximum Gasteiger partial charge on any atom is 0.305 e. The second-order valence-corrected chi connectivity index (χ2v) is 9.64. The van der Waals surface area contributed by atoms with Gasteiger partial charge in [0.15, 0.2) is 5.78 Å². The zero-order valence-corrected chi connectivity index (χ0v) is 16.6. The van der Waals surface area contributed by atoms with E-state index in [1.165, 1.54) is 5.57 Å². The van der Waals surface area contributed by atoms with E-state index in [1.807, 2.05) is 13.0 Å². The number of carbonyl (C=O) groups excluding carboxylic acids is 2. The van der Waals surface area contributed by atoms with Gasteiger partial charge in [0.1, 0.15) is 12.2 Å². The average molecular weight is 378 g/mol. The Morgan fingerprint density at radius 1 is 1.26 bits per heavy atom. The quantitative estimate of drug-likeness (QED) is 0.667. The Labute approximate surface area is 160 Å². The van der Waals surface area contributed by atoms with E-state index in [-0.39, 0.29) is 34.6 Å². The molecular formula is C22H31FO4. The van der Waals surface area contributed by atoms with Crippen LogP contribution in [0.25, 0.3) is 0 Å². The summed E-state index contributed by atoms with van der Waals surface area (Å²) in [7, 11) is 0. The third-order valence-electron chi connectivity index (χ3n) is 8.46. The van der Waals surface area contributed by atoms with Crippen molar-refractivity contribution >= 4 is 11.8 Å². The van der Waals surface area contributed by atoms with E-state index < -0.39 is 6.10 Å². The molecule has 4 aliphatic rings. The minimum absolute atomic E-state index is 0.0919. The molecule has 0 saturated heterocycles. The van der Waals surface area contributed by atoms with Crippen molar-refractivity contribution in [3.63, 3.8) is 0 Å². The number of esters is 1. The van der Waals surface area contributed by atoms with Gasteiger partial charge in [-0.25, -0.2) is 0 Å². The van der Waals surface area contributed by atoms with Gasteiger partial charge < -0.3 is 4.74 Å². The summed E-state index contributed by atoms with van der Waals surface area (Å²) in [6.45, 7) is 6.18. The summed E-state index contributed by atoms with van der Waals surface area (Å²) < 4.78 is 19.6. The van der Waals surface area contributed by atoms with Crippen LogP contribution in [0.3, 0.4) is 0 Å². The minimum atomic E-state index is -0.501. The third-order valence-corrected chi connectivity index (χ3v) is 8.46. The van der Waals surface area contributed by atoms with E-state index in [0.717, 1.165) is 32.1 Å². The van der Waals surface area contributed by atoms with E-state index in [9.17, 15) is 14.1 Å². The lowest BCUT2D eigenvalue weighted by atomic mass is 9.46. The predicted octanol–water partition coefficient (Wildman–Crippen LogP) is 4.72. The standard InChI is InChI=1S/C22H31FO4/c1-4-19(25)26-18-8-7-16-15-6-5-13-11-14(24)9-10-21(13,2)20(15)17(27-23)12-22(16,18)3/h11,15-18,20H,4-10,12H2,1-3H3/t15?,16?,17-,18+,20?,21+,22+/m1/s1. The second kappa shape index (κ2) is 6.68. The van der Waals surface area contributed by atoms with Crippen molar-refractivity contribution in [1.29, 1.82) is 0 Å². The number of fused-ring (bicyclic) bond motifs is 5. The molecule has 0 aromatic carbocycles. The summed E-state index contributed by atoms with van der Waals surface area (Å²) in [5.41, 5.74) is 0.801. The zero-order chi connectivity index (χ0) is 19.4. The number of allylic oxidation sites excluding steroid dienone is 1.